The second-order valence-corrected chi connectivity index (χ2v) is 5.98. The van der Waals surface area contributed by atoms with Gasteiger partial charge in [-0.25, -0.2) is 4.98 Å². The van der Waals surface area contributed by atoms with E-state index in [1.54, 1.807) is 26.2 Å². The Labute approximate surface area is 122 Å². The summed E-state index contributed by atoms with van der Waals surface area (Å²) in [6.07, 6.45) is 0.882. The van der Waals surface area contributed by atoms with Crippen molar-refractivity contribution in [2.75, 3.05) is 11.9 Å². The maximum Gasteiger partial charge on any atom is 0.315 e. The highest BCUT2D eigenvalue weighted by molar-refractivity contribution is 7.13. The summed E-state index contributed by atoms with van der Waals surface area (Å²) >= 11 is 1.30. The summed E-state index contributed by atoms with van der Waals surface area (Å²) in [5.41, 5.74) is -0.553. The number of aromatic nitrogens is 1. The molecule has 1 aromatic heterocycles. The Hall–Kier alpha value is -1.63. The molecule has 0 aliphatic heterocycles. The molecule has 3 N–H and O–H groups in total. The van der Waals surface area contributed by atoms with E-state index in [0.29, 0.717) is 17.4 Å². The number of carbonyl (C=O) groups is 2. The lowest BCUT2D eigenvalue weighted by Gasteiger charge is -2.16. The van der Waals surface area contributed by atoms with Gasteiger partial charge >= 0.3 is 5.97 Å². The standard InChI is InChI=1S/C13H21N3O3S/c1-5-6-14-10(17)8(2)15-12-16-9(7-20-12)13(3,4)11(18)19/h7-8H,5-6H2,1-4H3,(H,14,17)(H,15,16)(H,18,19). The van der Waals surface area contributed by atoms with Gasteiger partial charge in [-0.15, -0.1) is 11.3 Å². The molecule has 1 amide bonds. The quantitative estimate of drug-likeness (QED) is 0.714. The van der Waals surface area contributed by atoms with E-state index in [2.05, 4.69) is 15.6 Å². The number of anilines is 1. The van der Waals surface area contributed by atoms with E-state index in [4.69, 9.17) is 5.11 Å². The van der Waals surface area contributed by atoms with Crippen LogP contribution in [0.25, 0.3) is 0 Å². The maximum absolute atomic E-state index is 11.7. The van der Waals surface area contributed by atoms with Gasteiger partial charge in [0.1, 0.15) is 11.5 Å². The molecule has 0 fully saturated rings. The minimum absolute atomic E-state index is 0.0962. The molecule has 0 aliphatic carbocycles. The number of aliphatic carboxylic acids is 1. The normalized spacial score (nSPS) is 12.8. The number of rotatable bonds is 7. The molecule has 0 radical (unpaired) electrons. The summed E-state index contributed by atoms with van der Waals surface area (Å²) in [6, 6.07) is -0.409. The highest BCUT2D eigenvalue weighted by Gasteiger charge is 2.32. The van der Waals surface area contributed by atoms with Crippen molar-refractivity contribution in [2.24, 2.45) is 0 Å². The fourth-order valence-electron chi connectivity index (χ4n) is 1.39. The van der Waals surface area contributed by atoms with Gasteiger partial charge in [0.15, 0.2) is 5.13 Å². The molecular formula is C13H21N3O3S. The first-order valence-electron chi connectivity index (χ1n) is 6.52. The Morgan fingerprint density at radius 2 is 2.15 bits per heavy atom. The van der Waals surface area contributed by atoms with E-state index < -0.39 is 17.4 Å². The van der Waals surface area contributed by atoms with Crippen molar-refractivity contribution in [1.29, 1.82) is 0 Å². The van der Waals surface area contributed by atoms with Gasteiger partial charge in [0.05, 0.1) is 5.69 Å². The minimum atomic E-state index is -1.04. The fourth-order valence-corrected chi connectivity index (χ4v) is 2.36. The maximum atomic E-state index is 11.7. The number of carbonyl (C=O) groups excluding carboxylic acids is 1. The van der Waals surface area contributed by atoms with Crippen molar-refractivity contribution in [3.8, 4) is 0 Å². The van der Waals surface area contributed by atoms with Gasteiger partial charge < -0.3 is 15.7 Å². The molecule has 0 aromatic carbocycles. The number of nitrogens with zero attached hydrogens (tertiary/aromatic N) is 1. The molecule has 1 atom stereocenters. The van der Waals surface area contributed by atoms with Crippen LogP contribution in [0.4, 0.5) is 5.13 Å². The van der Waals surface area contributed by atoms with Crippen molar-refractivity contribution in [2.45, 2.75) is 45.6 Å². The topological polar surface area (TPSA) is 91.3 Å². The monoisotopic (exact) mass is 299 g/mol. The van der Waals surface area contributed by atoms with Crippen LogP contribution in [0.1, 0.15) is 39.8 Å². The third-order valence-corrected chi connectivity index (χ3v) is 3.74. The molecule has 0 saturated carbocycles. The smallest absolute Gasteiger partial charge is 0.315 e. The zero-order valence-corrected chi connectivity index (χ0v) is 13.0. The molecule has 0 spiro atoms. The van der Waals surface area contributed by atoms with Crippen LogP contribution in [0.15, 0.2) is 5.38 Å². The Kier molecular flexibility index (Phi) is 5.50. The van der Waals surface area contributed by atoms with Crippen molar-refractivity contribution in [3.05, 3.63) is 11.1 Å². The molecule has 0 aliphatic rings. The predicted octanol–water partition coefficient (Wildman–Crippen LogP) is 1.83. The number of nitrogens with one attached hydrogen (secondary N) is 2. The summed E-state index contributed by atoms with van der Waals surface area (Å²) in [5, 5.41) is 17.2. The third kappa shape index (κ3) is 3.93. The SMILES string of the molecule is CCCNC(=O)C(C)Nc1nc(C(C)(C)C(=O)O)cs1. The number of hydrogen-bond donors (Lipinski definition) is 3. The number of carboxylic acid groups (broad SMARTS) is 1. The Balaban J connectivity index is 2.69. The Morgan fingerprint density at radius 1 is 1.50 bits per heavy atom. The van der Waals surface area contributed by atoms with E-state index in [-0.39, 0.29) is 5.91 Å². The van der Waals surface area contributed by atoms with Crippen molar-refractivity contribution >= 4 is 28.3 Å². The second kappa shape index (κ2) is 6.69. The van der Waals surface area contributed by atoms with E-state index in [0.717, 1.165) is 6.42 Å². The highest BCUT2D eigenvalue weighted by atomic mass is 32.1. The van der Waals surface area contributed by atoms with Crippen molar-refractivity contribution < 1.29 is 14.7 Å². The number of carboxylic acids is 1. The zero-order valence-electron chi connectivity index (χ0n) is 12.2. The molecule has 20 heavy (non-hydrogen) atoms. The van der Waals surface area contributed by atoms with Gasteiger partial charge in [0.25, 0.3) is 0 Å². The van der Waals surface area contributed by atoms with Crippen LogP contribution in [0, 0.1) is 0 Å². The largest absolute Gasteiger partial charge is 0.481 e. The summed E-state index contributed by atoms with van der Waals surface area (Å²) in [5.74, 6) is -1.02. The van der Waals surface area contributed by atoms with E-state index in [9.17, 15) is 9.59 Å². The van der Waals surface area contributed by atoms with Gasteiger partial charge in [-0.3, -0.25) is 9.59 Å². The van der Waals surface area contributed by atoms with Gasteiger partial charge in [-0.2, -0.15) is 0 Å². The first kappa shape index (κ1) is 16.4. The van der Waals surface area contributed by atoms with Crippen LogP contribution in [-0.2, 0) is 15.0 Å². The van der Waals surface area contributed by atoms with Crippen LogP contribution in [0.2, 0.25) is 0 Å². The van der Waals surface area contributed by atoms with Gasteiger partial charge in [-0.05, 0) is 27.2 Å². The minimum Gasteiger partial charge on any atom is -0.481 e. The zero-order chi connectivity index (χ0) is 15.3. The molecule has 1 aromatic rings. The average Bonchev–Trinajstić information content (AvgIpc) is 2.84. The number of amides is 1. The van der Waals surface area contributed by atoms with E-state index in [1.807, 2.05) is 6.92 Å². The second-order valence-electron chi connectivity index (χ2n) is 5.13. The Bertz CT molecular complexity index is 485. The molecule has 0 bridgehead atoms. The lowest BCUT2D eigenvalue weighted by Crippen LogP contribution is -2.37. The summed E-state index contributed by atoms with van der Waals surface area (Å²) < 4.78 is 0. The molecule has 7 heteroatoms. The summed E-state index contributed by atoms with van der Waals surface area (Å²) in [6.45, 7) is 7.57. The van der Waals surface area contributed by atoms with Crippen LogP contribution in [-0.4, -0.2) is 34.6 Å². The number of hydrogen-bond acceptors (Lipinski definition) is 5. The molecule has 0 saturated heterocycles. The summed E-state index contributed by atoms with van der Waals surface area (Å²) in [7, 11) is 0. The van der Waals surface area contributed by atoms with Crippen molar-refractivity contribution in [1.82, 2.24) is 10.3 Å². The third-order valence-electron chi connectivity index (χ3n) is 2.96. The molecule has 1 rings (SSSR count). The van der Waals surface area contributed by atoms with Crippen LogP contribution < -0.4 is 10.6 Å². The van der Waals surface area contributed by atoms with E-state index >= 15 is 0 Å². The molecule has 112 valence electrons. The first-order valence-corrected chi connectivity index (χ1v) is 7.40. The average molecular weight is 299 g/mol. The van der Waals surface area contributed by atoms with Gasteiger partial charge in [0, 0.05) is 11.9 Å². The predicted molar refractivity (Wildman–Crippen MR) is 79.2 cm³/mol. The van der Waals surface area contributed by atoms with E-state index in [1.165, 1.54) is 11.3 Å². The van der Waals surface area contributed by atoms with Crippen LogP contribution in [0.5, 0.6) is 0 Å². The lowest BCUT2D eigenvalue weighted by atomic mass is 9.90. The van der Waals surface area contributed by atoms with Gasteiger partial charge in [-0.1, -0.05) is 6.92 Å². The van der Waals surface area contributed by atoms with Crippen LogP contribution >= 0.6 is 11.3 Å². The first-order chi connectivity index (χ1) is 9.28. The fraction of sp³-hybridized carbons (Fsp3) is 0.615. The van der Waals surface area contributed by atoms with Gasteiger partial charge in [0.2, 0.25) is 5.91 Å². The van der Waals surface area contributed by atoms with Crippen LogP contribution in [0.3, 0.4) is 0 Å². The summed E-state index contributed by atoms with van der Waals surface area (Å²) in [4.78, 5) is 27.1. The molecule has 6 nitrogen and oxygen atoms in total. The molecule has 1 heterocycles. The number of thiazole rings is 1. The molecule has 1 unspecified atom stereocenters. The Morgan fingerprint density at radius 3 is 2.70 bits per heavy atom. The highest BCUT2D eigenvalue weighted by Crippen LogP contribution is 2.27. The lowest BCUT2D eigenvalue weighted by molar-refractivity contribution is -0.142. The van der Waals surface area contributed by atoms with Crippen molar-refractivity contribution in [3.63, 3.8) is 0 Å². The molecular weight excluding hydrogens is 278 g/mol.